The highest BCUT2D eigenvalue weighted by Crippen LogP contribution is 2.57. The van der Waals surface area contributed by atoms with Crippen LogP contribution in [0.2, 0.25) is 6.04 Å². The maximum atomic E-state index is 6.68. The summed E-state index contributed by atoms with van der Waals surface area (Å²) in [5, 5.41) is 0. The first kappa shape index (κ1) is 15.9. The maximum Gasteiger partial charge on any atom is 0.501 e. The van der Waals surface area contributed by atoms with Crippen LogP contribution in [0.15, 0.2) is 0 Å². The Hall–Kier alpha value is 0.0569. The van der Waals surface area contributed by atoms with Gasteiger partial charge in [0.25, 0.3) is 0 Å². The second-order valence-electron chi connectivity index (χ2n) is 7.54. The molecule has 21 heavy (non-hydrogen) atoms. The molecule has 3 fully saturated rings. The van der Waals surface area contributed by atoms with Crippen LogP contribution in [-0.2, 0) is 13.3 Å². The van der Waals surface area contributed by atoms with Crippen molar-refractivity contribution in [3.05, 3.63) is 0 Å². The molecule has 7 atom stereocenters. The molecule has 1 heterocycles. The second-order valence-corrected chi connectivity index (χ2v) is 10.3. The molecule has 0 aromatic rings. The summed E-state index contributed by atoms with van der Waals surface area (Å²) in [7, 11) is -0.819. The van der Waals surface area contributed by atoms with E-state index in [1.54, 1.807) is 7.11 Å². The van der Waals surface area contributed by atoms with Crippen LogP contribution in [0.5, 0.6) is 0 Å². The van der Waals surface area contributed by atoms with Crippen LogP contribution in [-0.4, -0.2) is 34.2 Å². The van der Waals surface area contributed by atoms with Gasteiger partial charge in [0, 0.05) is 19.1 Å². The average Bonchev–Trinajstić information content (AvgIpc) is 3.25. The van der Waals surface area contributed by atoms with E-state index in [2.05, 4.69) is 20.8 Å². The highest BCUT2D eigenvalue weighted by atomic mass is 28.4. The summed E-state index contributed by atoms with van der Waals surface area (Å²) in [5.41, 5.74) is 5.59. The Balaban J connectivity index is 1.89. The molecule has 2 N–H and O–H groups in total. The van der Waals surface area contributed by atoms with Crippen LogP contribution in [0.4, 0.5) is 0 Å². The molecule has 2 aliphatic carbocycles. The molecule has 0 aromatic carbocycles. The number of rotatable bonds is 4. The Morgan fingerprint density at radius 3 is 2.71 bits per heavy atom. The molecule has 0 radical (unpaired) electrons. The van der Waals surface area contributed by atoms with E-state index in [1.807, 2.05) is 0 Å². The lowest BCUT2D eigenvalue weighted by atomic mass is 9.72. The van der Waals surface area contributed by atoms with Crippen LogP contribution in [0.1, 0.15) is 46.5 Å². The first-order chi connectivity index (χ1) is 9.96. The van der Waals surface area contributed by atoms with Gasteiger partial charge < -0.3 is 19.0 Å². The zero-order chi connectivity index (χ0) is 15.3. The molecule has 2 saturated carbocycles. The van der Waals surface area contributed by atoms with Crippen molar-refractivity contribution < 1.29 is 13.3 Å². The van der Waals surface area contributed by atoms with Gasteiger partial charge >= 0.3 is 8.80 Å². The van der Waals surface area contributed by atoms with Gasteiger partial charge in [0.2, 0.25) is 0 Å². The third kappa shape index (κ3) is 2.61. The number of hydrogen-bond donors (Lipinski definition) is 1. The summed E-state index contributed by atoms with van der Waals surface area (Å²) < 4.78 is 19.0. The molecular weight excluding hydrogens is 282 g/mol. The van der Waals surface area contributed by atoms with E-state index in [0.29, 0.717) is 18.4 Å². The molecule has 1 saturated heterocycles. The lowest BCUT2D eigenvalue weighted by Gasteiger charge is -2.54. The monoisotopic (exact) mass is 313 g/mol. The highest BCUT2D eigenvalue weighted by molar-refractivity contribution is 6.61. The van der Waals surface area contributed by atoms with E-state index in [1.165, 1.54) is 12.8 Å². The Labute approximate surface area is 130 Å². The second kappa shape index (κ2) is 5.60. The van der Waals surface area contributed by atoms with Crippen LogP contribution in [0.25, 0.3) is 0 Å². The Morgan fingerprint density at radius 2 is 2.05 bits per heavy atom. The smallest absolute Gasteiger partial charge is 0.377 e. The predicted octanol–water partition coefficient (Wildman–Crippen LogP) is 2.80. The van der Waals surface area contributed by atoms with E-state index in [0.717, 1.165) is 30.7 Å². The minimum Gasteiger partial charge on any atom is -0.377 e. The molecule has 3 aliphatic rings. The molecule has 0 aromatic heterocycles. The molecule has 122 valence electrons. The van der Waals surface area contributed by atoms with Gasteiger partial charge in [-0.2, -0.15) is 0 Å². The van der Waals surface area contributed by atoms with Crippen molar-refractivity contribution in [2.75, 3.05) is 13.7 Å². The van der Waals surface area contributed by atoms with Crippen LogP contribution >= 0.6 is 0 Å². The van der Waals surface area contributed by atoms with Crippen LogP contribution in [0.3, 0.4) is 0 Å². The van der Waals surface area contributed by atoms with Crippen molar-refractivity contribution in [2.45, 2.75) is 64.2 Å². The van der Waals surface area contributed by atoms with Gasteiger partial charge in [0.1, 0.15) is 0 Å². The Kier molecular flexibility index (Phi) is 4.25. The third-order valence-electron chi connectivity index (χ3n) is 6.51. The predicted molar refractivity (Wildman–Crippen MR) is 84.8 cm³/mol. The summed E-state index contributed by atoms with van der Waals surface area (Å²) >= 11 is 0. The van der Waals surface area contributed by atoms with Crippen molar-refractivity contribution in [2.24, 2.45) is 29.4 Å². The quantitative estimate of drug-likeness (QED) is 0.811. The first-order valence-electron chi connectivity index (χ1n) is 8.59. The van der Waals surface area contributed by atoms with Gasteiger partial charge in [0.05, 0.1) is 11.7 Å². The lowest BCUT2D eigenvalue weighted by Crippen LogP contribution is -2.65. The molecule has 3 rings (SSSR count). The molecule has 0 spiro atoms. The Bertz CT molecular complexity index is 390. The van der Waals surface area contributed by atoms with E-state index < -0.39 is 8.80 Å². The van der Waals surface area contributed by atoms with Crippen molar-refractivity contribution in [3.8, 4) is 0 Å². The fourth-order valence-corrected chi connectivity index (χ4v) is 7.72. The van der Waals surface area contributed by atoms with Crippen molar-refractivity contribution in [1.29, 1.82) is 0 Å². The maximum absolute atomic E-state index is 6.68. The summed E-state index contributed by atoms with van der Waals surface area (Å²) in [6.07, 6.45) is 5.05. The van der Waals surface area contributed by atoms with E-state index in [9.17, 15) is 0 Å². The molecule has 7 unspecified atom stereocenters. The van der Waals surface area contributed by atoms with Gasteiger partial charge in [-0.25, -0.2) is 0 Å². The van der Waals surface area contributed by atoms with Crippen molar-refractivity contribution in [1.82, 2.24) is 0 Å². The summed E-state index contributed by atoms with van der Waals surface area (Å²) in [6.45, 7) is 7.66. The van der Waals surface area contributed by atoms with Gasteiger partial charge in [-0.05, 0) is 56.9 Å². The van der Waals surface area contributed by atoms with E-state index in [-0.39, 0.29) is 11.7 Å². The zero-order valence-corrected chi connectivity index (χ0v) is 14.9. The molecule has 4 nitrogen and oxygen atoms in total. The normalized spacial score (nSPS) is 52.7. The topological polar surface area (TPSA) is 53.7 Å². The third-order valence-corrected chi connectivity index (χ3v) is 9.51. The molecule has 2 bridgehead atoms. The first-order valence-corrected chi connectivity index (χ1v) is 10.5. The van der Waals surface area contributed by atoms with Gasteiger partial charge in [0.15, 0.2) is 0 Å². The average molecular weight is 314 g/mol. The molecule has 1 aliphatic heterocycles. The molecule has 0 amide bonds. The minimum absolute atomic E-state index is 0.112. The largest absolute Gasteiger partial charge is 0.501 e. The zero-order valence-electron chi connectivity index (χ0n) is 13.9. The van der Waals surface area contributed by atoms with Crippen LogP contribution < -0.4 is 5.73 Å². The number of hydrogen-bond acceptors (Lipinski definition) is 4. The van der Waals surface area contributed by atoms with E-state index >= 15 is 0 Å². The van der Waals surface area contributed by atoms with Gasteiger partial charge in [-0.15, -0.1) is 0 Å². The standard InChI is InChI=1S/C16H31NO3Si/c1-11-14-10-13(14)6-7-15-12(2)16(11,3)20-21(18-4,19-15)9-5-8-17/h11-15H,5-10,17H2,1-4H3. The SMILES string of the molecule is CO[Si]1(CCCN)OC2CCC3CC3C(C)C(C)(O1)C2C. The van der Waals surface area contributed by atoms with Gasteiger partial charge in [-0.1, -0.05) is 13.8 Å². The number of fused-ring (bicyclic) bond motifs is 3. The summed E-state index contributed by atoms with van der Waals surface area (Å²) in [5.74, 6) is 2.77. The molecular formula is C16H31NO3Si. The van der Waals surface area contributed by atoms with Crippen molar-refractivity contribution >= 4 is 8.80 Å². The Morgan fingerprint density at radius 1 is 1.29 bits per heavy atom. The summed E-state index contributed by atoms with van der Waals surface area (Å²) in [4.78, 5) is 0. The molecule has 5 heteroatoms. The van der Waals surface area contributed by atoms with E-state index in [4.69, 9.17) is 19.0 Å². The number of nitrogens with two attached hydrogens (primary N) is 1. The highest BCUT2D eigenvalue weighted by Gasteiger charge is 2.62. The van der Waals surface area contributed by atoms with Gasteiger partial charge in [-0.3, -0.25) is 0 Å². The van der Waals surface area contributed by atoms with Crippen LogP contribution in [0, 0.1) is 23.7 Å². The summed E-state index contributed by atoms with van der Waals surface area (Å²) in [6, 6.07) is 0.847. The fraction of sp³-hybridized carbons (Fsp3) is 1.00. The fourth-order valence-electron chi connectivity index (χ4n) is 4.61. The van der Waals surface area contributed by atoms with Crippen molar-refractivity contribution in [3.63, 3.8) is 0 Å². The lowest BCUT2D eigenvalue weighted by molar-refractivity contribution is -0.170. The minimum atomic E-state index is -2.58.